The zero-order chi connectivity index (χ0) is 17.7. The summed E-state index contributed by atoms with van der Waals surface area (Å²) >= 11 is 2.21. The first-order chi connectivity index (χ1) is 11.3. The molecule has 0 spiro atoms. The number of rotatable bonds is 7. The number of urea groups is 1. The van der Waals surface area contributed by atoms with Crippen LogP contribution in [0.2, 0.25) is 0 Å². The summed E-state index contributed by atoms with van der Waals surface area (Å²) in [6.45, 7) is 2.33. The Kier molecular flexibility index (Phi) is 6.57. The van der Waals surface area contributed by atoms with Crippen molar-refractivity contribution in [3.63, 3.8) is 0 Å². The van der Waals surface area contributed by atoms with Crippen LogP contribution in [0.5, 0.6) is 0 Å². The minimum atomic E-state index is -3.77. The maximum atomic E-state index is 12.3. The van der Waals surface area contributed by atoms with Gasteiger partial charge in [0.1, 0.15) is 0 Å². The minimum Gasteiger partial charge on any atom is -0.270 e. The highest BCUT2D eigenvalue weighted by atomic mass is 32.2. The molecular weight excluding hydrogens is 374 g/mol. The van der Waals surface area contributed by atoms with Crippen LogP contribution < -0.4 is 9.62 Å². The number of aromatic nitrogens is 2. The number of nitrogens with zero attached hydrogens (tertiary/aromatic N) is 4. The van der Waals surface area contributed by atoms with Gasteiger partial charge in [-0.2, -0.15) is 4.72 Å². The van der Waals surface area contributed by atoms with Crippen LogP contribution >= 0.6 is 23.1 Å². The predicted octanol–water partition coefficient (Wildman–Crippen LogP) is 1.62. The molecule has 0 fully saturated rings. The molecule has 0 saturated carbocycles. The van der Waals surface area contributed by atoms with E-state index in [0.717, 1.165) is 22.8 Å². The summed E-state index contributed by atoms with van der Waals surface area (Å²) in [6.07, 6.45) is 3.28. The molecule has 2 rings (SSSR count). The molecule has 2 amide bonds. The Morgan fingerprint density at radius 2 is 2.21 bits per heavy atom. The van der Waals surface area contributed by atoms with E-state index in [1.807, 2.05) is 18.4 Å². The van der Waals surface area contributed by atoms with Crippen molar-refractivity contribution in [2.75, 3.05) is 25.6 Å². The number of hydrogen-bond acceptors (Lipinski definition) is 8. The molecule has 9 nitrogen and oxygen atoms in total. The van der Waals surface area contributed by atoms with Crippen molar-refractivity contribution in [2.45, 2.75) is 29.5 Å². The number of hydrogen-bond donors (Lipinski definition) is 1. The van der Waals surface area contributed by atoms with Gasteiger partial charge in [-0.05, 0) is 18.2 Å². The fourth-order valence-electron chi connectivity index (χ4n) is 1.71. The Bertz CT molecular complexity index is 697. The summed E-state index contributed by atoms with van der Waals surface area (Å²) in [5.41, 5.74) is 0. The van der Waals surface area contributed by atoms with Crippen molar-refractivity contribution in [1.29, 1.82) is 0 Å². The molecule has 1 aliphatic rings. The Hall–Kier alpha value is -1.21. The SMILES string of the molecule is CCCON(C)C(=O)N(C)c1nnc(S(=O)(=O)NC2CC=CS2)s1. The fourth-order valence-corrected chi connectivity index (χ4v) is 4.98. The van der Waals surface area contributed by atoms with E-state index in [1.165, 1.54) is 30.8 Å². The van der Waals surface area contributed by atoms with Gasteiger partial charge >= 0.3 is 6.03 Å². The van der Waals surface area contributed by atoms with E-state index >= 15 is 0 Å². The van der Waals surface area contributed by atoms with Crippen LogP contribution in [0.15, 0.2) is 15.8 Å². The molecule has 0 aliphatic carbocycles. The standard InChI is InChI=1S/C12H19N5O4S3/c1-4-7-21-17(3)12(18)16(2)10-13-14-11(23-10)24(19,20)15-9-6-5-8-22-9/h5,8-9,15H,4,6-7H2,1-3H3. The van der Waals surface area contributed by atoms with Crippen molar-refractivity contribution in [3.05, 3.63) is 11.5 Å². The average Bonchev–Trinajstić information content (AvgIpc) is 3.22. The van der Waals surface area contributed by atoms with E-state index in [0.29, 0.717) is 13.0 Å². The lowest BCUT2D eigenvalue weighted by Crippen LogP contribution is -2.39. The van der Waals surface area contributed by atoms with Crippen LogP contribution in [-0.4, -0.2) is 55.8 Å². The van der Waals surface area contributed by atoms with Gasteiger partial charge in [-0.15, -0.1) is 22.0 Å². The second-order valence-corrected chi connectivity index (χ2v) is 8.83. The van der Waals surface area contributed by atoms with Crippen LogP contribution in [0, 0.1) is 0 Å². The lowest BCUT2D eigenvalue weighted by atomic mass is 10.4. The molecule has 2 heterocycles. The number of anilines is 1. The van der Waals surface area contributed by atoms with Crippen molar-refractivity contribution in [3.8, 4) is 0 Å². The van der Waals surface area contributed by atoms with Crippen LogP contribution in [-0.2, 0) is 14.9 Å². The lowest BCUT2D eigenvalue weighted by molar-refractivity contribution is -0.0953. The van der Waals surface area contributed by atoms with E-state index in [2.05, 4.69) is 14.9 Å². The molecule has 0 saturated heterocycles. The molecule has 1 unspecified atom stereocenters. The van der Waals surface area contributed by atoms with Crippen LogP contribution in [0.25, 0.3) is 0 Å². The highest BCUT2D eigenvalue weighted by molar-refractivity contribution is 8.03. The second kappa shape index (κ2) is 8.25. The van der Waals surface area contributed by atoms with E-state index in [1.54, 1.807) is 0 Å². The second-order valence-electron chi connectivity index (χ2n) is 4.88. The zero-order valence-corrected chi connectivity index (χ0v) is 15.9. The van der Waals surface area contributed by atoms with Gasteiger partial charge in [0, 0.05) is 14.1 Å². The molecule has 134 valence electrons. The number of nitrogens with one attached hydrogen (secondary N) is 1. The van der Waals surface area contributed by atoms with Crippen LogP contribution in [0.3, 0.4) is 0 Å². The monoisotopic (exact) mass is 393 g/mol. The van der Waals surface area contributed by atoms with Gasteiger partial charge < -0.3 is 0 Å². The Labute approximate surface area is 149 Å². The molecule has 1 aromatic rings. The van der Waals surface area contributed by atoms with Gasteiger partial charge in [0.05, 0.1) is 12.0 Å². The molecule has 0 aromatic carbocycles. The summed E-state index contributed by atoms with van der Waals surface area (Å²) in [6, 6.07) is -0.466. The van der Waals surface area contributed by atoms with E-state index in [9.17, 15) is 13.2 Å². The average molecular weight is 394 g/mol. The van der Waals surface area contributed by atoms with Gasteiger partial charge in [0.15, 0.2) is 0 Å². The maximum absolute atomic E-state index is 12.3. The molecule has 1 aromatic heterocycles. The number of sulfonamides is 1. The quantitative estimate of drug-likeness (QED) is 0.554. The topological polar surface area (TPSA) is 105 Å². The Morgan fingerprint density at radius 3 is 2.83 bits per heavy atom. The van der Waals surface area contributed by atoms with Gasteiger partial charge in [-0.1, -0.05) is 24.3 Å². The summed E-state index contributed by atoms with van der Waals surface area (Å²) in [5, 5.41) is 10.3. The first kappa shape index (κ1) is 19.1. The third-order valence-electron chi connectivity index (χ3n) is 2.93. The molecule has 1 N–H and O–H groups in total. The summed E-state index contributed by atoms with van der Waals surface area (Å²) < 4.78 is 26.9. The number of amides is 2. The highest BCUT2D eigenvalue weighted by Gasteiger charge is 2.27. The van der Waals surface area contributed by atoms with E-state index in [4.69, 9.17) is 4.84 Å². The molecule has 24 heavy (non-hydrogen) atoms. The number of carbonyl (C=O) groups is 1. The lowest BCUT2D eigenvalue weighted by Gasteiger charge is -2.21. The van der Waals surface area contributed by atoms with Gasteiger partial charge in [-0.3, -0.25) is 9.74 Å². The highest BCUT2D eigenvalue weighted by Crippen LogP contribution is 2.27. The van der Waals surface area contributed by atoms with Crippen LogP contribution in [0.4, 0.5) is 9.93 Å². The normalized spacial score (nSPS) is 17.2. The Morgan fingerprint density at radius 1 is 1.46 bits per heavy atom. The molecular formula is C12H19N5O4S3. The smallest absolute Gasteiger partial charge is 0.270 e. The molecule has 1 atom stereocenters. The third kappa shape index (κ3) is 4.66. The molecule has 0 radical (unpaired) electrons. The van der Waals surface area contributed by atoms with E-state index in [-0.39, 0.29) is 14.8 Å². The number of hydroxylamine groups is 2. The van der Waals surface area contributed by atoms with Crippen molar-refractivity contribution in [2.24, 2.45) is 0 Å². The first-order valence-electron chi connectivity index (χ1n) is 7.15. The van der Waals surface area contributed by atoms with E-state index < -0.39 is 16.1 Å². The van der Waals surface area contributed by atoms with Gasteiger partial charge in [-0.25, -0.2) is 18.3 Å². The zero-order valence-electron chi connectivity index (χ0n) is 13.5. The number of thioether (sulfide) groups is 1. The Balaban J connectivity index is 2.04. The molecule has 1 aliphatic heterocycles. The minimum absolute atomic E-state index is 0.171. The van der Waals surface area contributed by atoms with Crippen molar-refractivity contribution >= 4 is 44.3 Å². The summed E-state index contributed by atoms with van der Waals surface area (Å²) in [4.78, 5) is 18.6. The number of carbonyl (C=O) groups excluding carboxylic acids is 1. The fraction of sp³-hybridized carbons (Fsp3) is 0.583. The van der Waals surface area contributed by atoms with Gasteiger partial charge in [0.2, 0.25) is 9.47 Å². The van der Waals surface area contributed by atoms with Crippen molar-refractivity contribution < 1.29 is 18.0 Å². The maximum Gasteiger partial charge on any atom is 0.349 e. The predicted molar refractivity (Wildman–Crippen MR) is 93.2 cm³/mol. The van der Waals surface area contributed by atoms with Crippen LogP contribution in [0.1, 0.15) is 19.8 Å². The third-order valence-corrected chi connectivity index (χ3v) is 6.91. The molecule has 0 bridgehead atoms. The summed E-state index contributed by atoms with van der Waals surface area (Å²) in [7, 11) is -0.799. The summed E-state index contributed by atoms with van der Waals surface area (Å²) in [5.74, 6) is 0. The van der Waals surface area contributed by atoms with Gasteiger partial charge in [0.25, 0.3) is 10.0 Å². The first-order valence-corrected chi connectivity index (χ1v) is 10.4. The van der Waals surface area contributed by atoms with Crippen molar-refractivity contribution in [1.82, 2.24) is 20.0 Å². The molecule has 12 heteroatoms. The largest absolute Gasteiger partial charge is 0.349 e.